The van der Waals surface area contributed by atoms with Gasteiger partial charge in [0, 0.05) is 36.0 Å². The summed E-state index contributed by atoms with van der Waals surface area (Å²) in [7, 11) is 0. The van der Waals surface area contributed by atoms with Crippen LogP contribution in [0.3, 0.4) is 0 Å². The highest BCUT2D eigenvalue weighted by molar-refractivity contribution is 5.54. The SMILES string of the molecule is CCOC1CC(Nc2cc(N)c(C)cn2)C1(C)C. The van der Waals surface area contributed by atoms with Crippen molar-refractivity contribution in [1.29, 1.82) is 0 Å². The summed E-state index contributed by atoms with van der Waals surface area (Å²) in [4.78, 5) is 4.37. The molecule has 4 heteroatoms. The third-order valence-corrected chi connectivity index (χ3v) is 4.01. The molecule has 2 unspecified atom stereocenters. The van der Waals surface area contributed by atoms with E-state index >= 15 is 0 Å². The van der Waals surface area contributed by atoms with Crippen LogP contribution in [-0.2, 0) is 4.74 Å². The van der Waals surface area contributed by atoms with Crippen LogP contribution in [0.5, 0.6) is 0 Å². The van der Waals surface area contributed by atoms with E-state index in [2.05, 4.69) is 24.1 Å². The van der Waals surface area contributed by atoms with Gasteiger partial charge in [-0.2, -0.15) is 0 Å². The number of aromatic nitrogens is 1. The van der Waals surface area contributed by atoms with E-state index in [1.54, 1.807) is 0 Å². The second-order valence-electron chi connectivity index (χ2n) is 5.62. The number of nitrogen functional groups attached to an aromatic ring is 1. The summed E-state index contributed by atoms with van der Waals surface area (Å²) in [5.41, 5.74) is 7.83. The summed E-state index contributed by atoms with van der Waals surface area (Å²) in [6, 6.07) is 2.29. The van der Waals surface area contributed by atoms with Gasteiger partial charge in [-0.25, -0.2) is 4.98 Å². The zero-order valence-electron chi connectivity index (χ0n) is 11.7. The second kappa shape index (κ2) is 4.76. The number of aryl methyl sites for hydroxylation is 1. The molecule has 1 aliphatic carbocycles. The maximum atomic E-state index is 5.89. The van der Waals surface area contributed by atoms with Crippen LogP contribution in [-0.4, -0.2) is 23.7 Å². The van der Waals surface area contributed by atoms with Crippen LogP contribution < -0.4 is 11.1 Å². The monoisotopic (exact) mass is 249 g/mol. The van der Waals surface area contributed by atoms with Crippen molar-refractivity contribution in [3.05, 3.63) is 17.8 Å². The molecule has 1 saturated carbocycles. The molecule has 0 spiro atoms. The molecule has 4 nitrogen and oxygen atoms in total. The fourth-order valence-electron chi connectivity index (χ4n) is 2.41. The van der Waals surface area contributed by atoms with Crippen molar-refractivity contribution in [2.45, 2.75) is 46.3 Å². The Kier molecular flexibility index (Phi) is 3.48. The third kappa shape index (κ3) is 2.29. The molecule has 1 heterocycles. The van der Waals surface area contributed by atoms with Crippen LogP contribution in [0.15, 0.2) is 12.3 Å². The van der Waals surface area contributed by atoms with Gasteiger partial charge in [0.2, 0.25) is 0 Å². The van der Waals surface area contributed by atoms with E-state index in [4.69, 9.17) is 10.5 Å². The van der Waals surface area contributed by atoms with Crippen LogP contribution in [0.1, 0.15) is 32.8 Å². The number of rotatable bonds is 4. The summed E-state index contributed by atoms with van der Waals surface area (Å²) in [5, 5.41) is 3.45. The Labute approximate surface area is 109 Å². The number of hydrogen-bond donors (Lipinski definition) is 2. The van der Waals surface area contributed by atoms with Gasteiger partial charge in [-0.3, -0.25) is 0 Å². The van der Waals surface area contributed by atoms with Crippen molar-refractivity contribution in [3.8, 4) is 0 Å². The summed E-state index contributed by atoms with van der Waals surface area (Å²) in [6.45, 7) is 9.23. The Bertz CT molecular complexity index is 431. The minimum atomic E-state index is 0.136. The van der Waals surface area contributed by atoms with Gasteiger partial charge in [-0.05, 0) is 25.8 Å². The second-order valence-corrected chi connectivity index (χ2v) is 5.62. The molecule has 0 radical (unpaired) electrons. The zero-order chi connectivity index (χ0) is 13.3. The number of anilines is 2. The number of nitrogens with two attached hydrogens (primary N) is 1. The van der Waals surface area contributed by atoms with E-state index < -0.39 is 0 Å². The highest BCUT2D eigenvalue weighted by atomic mass is 16.5. The Hall–Kier alpha value is -1.29. The molecule has 3 N–H and O–H groups in total. The van der Waals surface area contributed by atoms with Crippen molar-refractivity contribution < 1.29 is 4.74 Å². The largest absolute Gasteiger partial charge is 0.398 e. The number of pyridine rings is 1. The molecule has 1 fully saturated rings. The first-order valence-corrected chi connectivity index (χ1v) is 6.55. The number of nitrogens with one attached hydrogen (secondary N) is 1. The van der Waals surface area contributed by atoms with Gasteiger partial charge in [-0.1, -0.05) is 13.8 Å². The Morgan fingerprint density at radius 3 is 2.83 bits per heavy atom. The normalized spacial score (nSPS) is 25.6. The number of nitrogens with zero attached hydrogens (tertiary/aromatic N) is 1. The van der Waals surface area contributed by atoms with Crippen molar-refractivity contribution in [1.82, 2.24) is 4.98 Å². The molecule has 1 aromatic rings. The van der Waals surface area contributed by atoms with E-state index in [-0.39, 0.29) is 5.41 Å². The molecular weight excluding hydrogens is 226 g/mol. The molecular formula is C14H23N3O. The number of ether oxygens (including phenoxy) is 1. The molecule has 100 valence electrons. The Morgan fingerprint density at radius 2 is 2.28 bits per heavy atom. The van der Waals surface area contributed by atoms with Gasteiger partial charge >= 0.3 is 0 Å². The first kappa shape index (κ1) is 13.1. The van der Waals surface area contributed by atoms with Crippen LogP contribution in [0.2, 0.25) is 0 Å². The van der Waals surface area contributed by atoms with Gasteiger partial charge in [-0.15, -0.1) is 0 Å². The lowest BCUT2D eigenvalue weighted by Crippen LogP contribution is -2.58. The van der Waals surface area contributed by atoms with Crippen LogP contribution in [0, 0.1) is 12.3 Å². The van der Waals surface area contributed by atoms with E-state index in [9.17, 15) is 0 Å². The Morgan fingerprint density at radius 1 is 1.56 bits per heavy atom. The predicted molar refractivity (Wildman–Crippen MR) is 74.6 cm³/mol. The highest BCUT2D eigenvalue weighted by Crippen LogP contribution is 2.44. The molecule has 1 aliphatic rings. The van der Waals surface area contributed by atoms with Gasteiger partial charge in [0.15, 0.2) is 0 Å². The van der Waals surface area contributed by atoms with Crippen molar-refractivity contribution >= 4 is 11.5 Å². The molecule has 18 heavy (non-hydrogen) atoms. The van der Waals surface area contributed by atoms with E-state index in [0.29, 0.717) is 12.1 Å². The van der Waals surface area contributed by atoms with Crippen LogP contribution in [0.25, 0.3) is 0 Å². The molecule has 2 rings (SSSR count). The van der Waals surface area contributed by atoms with Crippen molar-refractivity contribution in [2.75, 3.05) is 17.7 Å². The molecule has 1 aromatic heterocycles. The lowest BCUT2D eigenvalue weighted by Gasteiger charge is -2.51. The summed E-state index contributed by atoms with van der Waals surface area (Å²) in [5.74, 6) is 0.853. The minimum Gasteiger partial charge on any atom is -0.398 e. The lowest BCUT2D eigenvalue weighted by molar-refractivity contribution is -0.0976. The molecule has 0 aromatic carbocycles. The van der Waals surface area contributed by atoms with E-state index in [1.807, 2.05) is 26.1 Å². The van der Waals surface area contributed by atoms with Gasteiger partial charge in [0.05, 0.1) is 6.10 Å². The number of hydrogen-bond acceptors (Lipinski definition) is 4. The average molecular weight is 249 g/mol. The molecule has 0 amide bonds. The van der Waals surface area contributed by atoms with Crippen LogP contribution in [0.4, 0.5) is 11.5 Å². The minimum absolute atomic E-state index is 0.136. The maximum absolute atomic E-state index is 5.89. The van der Waals surface area contributed by atoms with Crippen molar-refractivity contribution in [2.24, 2.45) is 5.41 Å². The molecule has 0 aliphatic heterocycles. The third-order valence-electron chi connectivity index (χ3n) is 4.01. The van der Waals surface area contributed by atoms with Gasteiger partial charge in [0.25, 0.3) is 0 Å². The van der Waals surface area contributed by atoms with Crippen LogP contribution >= 0.6 is 0 Å². The summed E-state index contributed by atoms with van der Waals surface area (Å²) >= 11 is 0. The quantitative estimate of drug-likeness (QED) is 0.861. The van der Waals surface area contributed by atoms with E-state index in [1.165, 1.54) is 0 Å². The first-order valence-electron chi connectivity index (χ1n) is 6.55. The highest BCUT2D eigenvalue weighted by Gasteiger charge is 2.49. The van der Waals surface area contributed by atoms with Gasteiger partial charge in [0.1, 0.15) is 5.82 Å². The Balaban J connectivity index is 2.01. The standard InChI is InChI=1S/C14H23N3O/c1-5-18-12-7-11(14(12,3)4)17-13-6-10(15)9(2)8-16-13/h6,8,11-12H,5,7H2,1-4H3,(H3,15,16,17). The fraction of sp³-hybridized carbons (Fsp3) is 0.643. The van der Waals surface area contributed by atoms with E-state index in [0.717, 1.165) is 30.1 Å². The first-order chi connectivity index (χ1) is 8.45. The average Bonchev–Trinajstić information content (AvgIpc) is 2.32. The van der Waals surface area contributed by atoms with Crippen molar-refractivity contribution in [3.63, 3.8) is 0 Å². The fourth-order valence-corrected chi connectivity index (χ4v) is 2.41. The molecule has 0 bridgehead atoms. The molecule has 0 saturated heterocycles. The summed E-state index contributed by atoms with van der Waals surface area (Å²) in [6.07, 6.45) is 3.17. The lowest BCUT2D eigenvalue weighted by atomic mass is 9.64. The maximum Gasteiger partial charge on any atom is 0.128 e. The summed E-state index contributed by atoms with van der Waals surface area (Å²) < 4.78 is 5.72. The predicted octanol–water partition coefficient (Wildman–Crippen LogP) is 2.59. The molecule has 2 atom stereocenters. The van der Waals surface area contributed by atoms with Gasteiger partial charge < -0.3 is 15.8 Å². The smallest absolute Gasteiger partial charge is 0.128 e. The topological polar surface area (TPSA) is 60.2 Å². The zero-order valence-corrected chi connectivity index (χ0v) is 11.7.